The van der Waals surface area contributed by atoms with E-state index in [1.54, 1.807) is 42.5 Å². The molecule has 0 bridgehead atoms. The summed E-state index contributed by atoms with van der Waals surface area (Å²) < 4.78 is 25.9. The highest BCUT2D eigenvalue weighted by Gasteiger charge is 2.21. The fourth-order valence-electron chi connectivity index (χ4n) is 2.08. The van der Waals surface area contributed by atoms with E-state index < -0.39 is 15.9 Å². The van der Waals surface area contributed by atoms with Crippen LogP contribution in [0.5, 0.6) is 0 Å². The molecule has 1 N–H and O–H groups in total. The van der Waals surface area contributed by atoms with Crippen molar-refractivity contribution in [2.75, 3.05) is 22.4 Å². The maximum atomic E-state index is 12.3. The van der Waals surface area contributed by atoms with Gasteiger partial charge in [-0.3, -0.25) is 9.10 Å². The maximum absolute atomic E-state index is 12.3. The number of carbonyl (C=O) groups excluding carboxylic acids is 1. The summed E-state index contributed by atoms with van der Waals surface area (Å²) >= 11 is 9.23. The van der Waals surface area contributed by atoms with E-state index in [1.165, 1.54) is 0 Å². The Labute approximate surface area is 154 Å². The number of hydrogen-bond donors (Lipinski definition) is 1. The Morgan fingerprint density at radius 1 is 1.25 bits per heavy atom. The van der Waals surface area contributed by atoms with Crippen LogP contribution in [0.3, 0.4) is 0 Å². The van der Waals surface area contributed by atoms with Gasteiger partial charge in [-0.2, -0.15) is 0 Å². The average Bonchev–Trinajstić information content (AvgIpc) is 2.47. The summed E-state index contributed by atoms with van der Waals surface area (Å²) in [4.78, 5) is 12.3. The van der Waals surface area contributed by atoms with Crippen molar-refractivity contribution in [3.63, 3.8) is 0 Å². The zero-order valence-corrected chi connectivity index (χ0v) is 16.2. The number of aryl methyl sites for hydroxylation is 1. The van der Waals surface area contributed by atoms with Gasteiger partial charge in [0, 0.05) is 15.2 Å². The second kappa shape index (κ2) is 7.55. The lowest BCUT2D eigenvalue weighted by molar-refractivity contribution is -0.114. The summed E-state index contributed by atoms with van der Waals surface area (Å²) in [5.74, 6) is -0.453. The Balaban J connectivity index is 2.24. The Bertz CT molecular complexity index is 871. The summed E-state index contributed by atoms with van der Waals surface area (Å²) in [7, 11) is -3.61. The van der Waals surface area contributed by atoms with Gasteiger partial charge in [-0.15, -0.1) is 0 Å². The van der Waals surface area contributed by atoms with Gasteiger partial charge in [0.25, 0.3) is 0 Å². The van der Waals surface area contributed by atoms with E-state index in [1.807, 2.05) is 6.92 Å². The molecule has 0 atom stereocenters. The first kappa shape index (κ1) is 18.8. The minimum Gasteiger partial charge on any atom is -0.324 e. The van der Waals surface area contributed by atoms with Gasteiger partial charge in [0.1, 0.15) is 6.54 Å². The van der Waals surface area contributed by atoms with Gasteiger partial charge in [0.2, 0.25) is 15.9 Å². The fourth-order valence-corrected chi connectivity index (χ4v) is 3.49. The number of hydrogen-bond acceptors (Lipinski definition) is 3. The average molecular weight is 432 g/mol. The Morgan fingerprint density at radius 3 is 2.58 bits per heavy atom. The van der Waals surface area contributed by atoms with E-state index in [-0.39, 0.29) is 6.54 Å². The number of nitrogens with one attached hydrogen (secondary N) is 1. The fraction of sp³-hybridized carbons (Fsp3) is 0.188. The minimum atomic E-state index is -3.61. The molecule has 0 aliphatic rings. The van der Waals surface area contributed by atoms with Crippen LogP contribution < -0.4 is 9.62 Å². The van der Waals surface area contributed by atoms with Crippen LogP contribution in [-0.4, -0.2) is 27.1 Å². The van der Waals surface area contributed by atoms with Crippen LogP contribution >= 0.6 is 27.5 Å². The molecule has 0 fully saturated rings. The summed E-state index contributed by atoms with van der Waals surface area (Å²) in [6, 6.07) is 11.9. The number of benzene rings is 2. The summed E-state index contributed by atoms with van der Waals surface area (Å²) in [5.41, 5.74) is 1.79. The van der Waals surface area contributed by atoms with E-state index >= 15 is 0 Å². The molecule has 8 heteroatoms. The number of rotatable bonds is 5. The monoisotopic (exact) mass is 430 g/mol. The molecule has 0 spiro atoms. The zero-order chi connectivity index (χ0) is 17.9. The third-order valence-electron chi connectivity index (χ3n) is 3.26. The van der Waals surface area contributed by atoms with E-state index in [2.05, 4.69) is 21.2 Å². The zero-order valence-electron chi connectivity index (χ0n) is 13.1. The smallest absolute Gasteiger partial charge is 0.245 e. The molecule has 5 nitrogen and oxygen atoms in total. The SMILES string of the molecule is Cc1ccc(Cl)cc1NC(=O)CN(c1cccc(Br)c1)S(C)(=O)=O. The highest BCUT2D eigenvalue weighted by molar-refractivity contribution is 9.10. The maximum Gasteiger partial charge on any atom is 0.245 e. The largest absolute Gasteiger partial charge is 0.324 e. The predicted octanol–water partition coefficient (Wildman–Crippen LogP) is 3.82. The van der Waals surface area contributed by atoms with Gasteiger partial charge in [-0.1, -0.05) is 39.7 Å². The van der Waals surface area contributed by atoms with E-state index in [4.69, 9.17) is 11.6 Å². The molecule has 0 saturated carbocycles. The molecule has 2 aromatic rings. The van der Waals surface area contributed by atoms with Crippen molar-refractivity contribution in [3.05, 3.63) is 57.5 Å². The molecule has 0 aromatic heterocycles. The summed E-state index contributed by atoms with van der Waals surface area (Å²) in [5, 5.41) is 3.19. The van der Waals surface area contributed by atoms with Gasteiger partial charge in [-0.25, -0.2) is 8.42 Å². The van der Waals surface area contributed by atoms with Crippen LogP contribution in [-0.2, 0) is 14.8 Å². The summed E-state index contributed by atoms with van der Waals surface area (Å²) in [6.07, 6.45) is 1.06. The van der Waals surface area contributed by atoms with Crippen LogP contribution in [0.15, 0.2) is 46.9 Å². The van der Waals surface area contributed by atoms with Crippen molar-refractivity contribution in [3.8, 4) is 0 Å². The number of sulfonamides is 1. The number of amides is 1. The van der Waals surface area contributed by atoms with Crippen LogP contribution in [0.2, 0.25) is 5.02 Å². The van der Waals surface area contributed by atoms with Crippen LogP contribution in [0.4, 0.5) is 11.4 Å². The van der Waals surface area contributed by atoms with Gasteiger partial charge >= 0.3 is 0 Å². The molecule has 0 unspecified atom stereocenters. The molecule has 0 aliphatic heterocycles. The van der Waals surface area contributed by atoms with Crippen molar-refractivity contribution in [1.29, 1.82) is 0 Å². The first-order chi connectivity index (χ1) is 11.2. The number of carbonyl (C=O) groups is 1. The normalized spacial score (nSPS) is 11.2. The molecule has 0 heterocycles. The van der Waals surface area contributed by atoms with E-state index in [0.717, 1.165) is 20.6 Å². The molecule has 24 heavy (non-hydrogen) atoms. The van der Waals surface area contributed by atoms with Crippen molar-refractivity contribution < 1.29 is 13.2 Å². The highest BCUT2D eigenvalue weighted by Crippen LogP contribution is 2.23. The van der Waals surface area contributed by atoms with Gasteiger partial charge in [0.15, 0.2) is 0 Å². The molecule has 1 amide bonds. The molecule has 2 rings (SSSR count). The lowest BCUT2D eigenvalue weighted by Gasteiger charge is -2.22. The van der Waals surface area contributed by atoms with Crippen molar-refractivity contribution in [2.24, 2.45) is 0 Å². The highest BCUT2D eigenvalue weighted by atomic mass is 79.9. The van der Waals surface area contributed by atoms with E-state index in [9.17, 15) is 13.2 Å². The first-order valence-electron chi connectivity index (χ1n) is 6.96. The Morgan fingerprint density at radius 2 is 1.96 bits per heavy atom. The number of anilines is 2. The molecular formula is C16H16BrClN2O3S. The molecule has 0 saturated heterocycles. The minimum absolute atomic E-state index is 0.332. The second-order valence-corrected chi connectivity index (χ2v) is 8.52. The Kier molecular flexibility index (Phi) is 5.90. The van der Waals surface area contributed by atoms with Crippen LogP contribution in [0.25, 0.3) is 0 Å². The number of halogens is 2. The third-order valence-corrected chi connectivity index (χ3v) is 5.13. The molecule has 0 radical (unpaired) electrons. The van der Waals surface area contributed by atoms with Crippen molar-refractivity contribution in [1.82, 2.24) is 0 Å². The lowest BCUT2D eigenvalue weighted by atomic mass is 10.2. The van der Waals surface area contributed by atoms with Crippen molar-refractivity contribution >= 4 is 54.8 Å². The first-order valence-corrected chi connectivity index (χ1v) is 9.98. The molecular weight excluding hydrogens is 416 g/mol. The lowest BCUT2D eigenvalue weighted by Crippen LogP contribution is -2.37. The quantitative estimate of drug-likeness (QED) is 0.783. The number of nitrogens with zero attached hydrogens (tertiary/aromatic N) is 1. The topological polar surface area (TPSA) is 66.5 Å². The van der Waals surface area contributed by atoms with Crippen LogP contribution in [0, 0.1) is 6.92 Å². The third kappa shape index (κ3) is 4.96. The molecule has 128 valence electrons. The van der Waals surface area contributed by atoms with E-state index in [0.29, 0.717) is 16.4 Å². The van der Waals surface area contributed by atoms with Gasteiger partial charge in [0.05, 0.1) is 11.9 Å². The molecule has 2 aromatic carbocycles. The molecule has 0 aliphatic carbocycles. The van der Waals surface area contributed by atoms with Crippen LogP contribution in [0.1, 0.15) is 5.56 Å². The Hall–Kier alpha value is -1.57. The van der Waals surface area contributed by atoms with Crippen molar-refractivity contribution in [2.45, 2.75) is 6.92 Å². The van der Waals surface area contributed by atoms with Gasteiger partial charge < -0.3 is 5.32 Å². The predicted molar refractivity (Wildman–Crippen MR) is 101 cm³/mol. The standard InChI is InChI=1S/C16H16BrClN2O3S/c1-11-6-7-13(18)9-15(11)19-16(21)10-20(24(2,22)23)14-5-3-4-12(17)8-14/h3-9H,10H2,1-2H3,(H,19,21). The summed E-state index contributed by atoms with van der Waals surface area (Å²) in [6.45, 7) is 1.50. The second-order valence-electron chi connectivity index (χ2n) is 5.26. The van der Waals surface area contributed by atoms with Gasteiger partial charge in [-0.05, 0) is 42.8 Å².